The molecule has 0 bridgehead atoms. The zero-order valence-electron chi connectivity index (χ0n) is 9.14. The molecule has 0 aromatic heterocycles. The van der Waals surface area contributed by atoms with Gasteiger partial charge in [-0.05, 0) is 6.07 Å². The van der Waals surface area contributed by atoms with Gasteiger partial charge in [0.15, 0.2) is 0 Å². The van der Waals surface area contributed by atoms with Gasteiger partial charge in [0, 0.05) is 32.5 Å². The van der Waals surface area contributed by atoms with Crippen molar-refractivity contribution in [2.24, 2.45) is 0 Å². The molecule has 1 aromatic carbocycles. The van der Waals surface area contributed by atoms with Gasteiger partial charge in [-0.3, -0.25) is 10.1 Å². The van der Waals surface area contributed by atoms with Crippen molar-refractivity contribution in [3.05, 3.63) is 34.1 Å². The van der Waals surface area contributed by atoms with E-state index in [0.29, 0.717) is 18.8 Å². The van der Waals surface area contributed by atoms with Gasteiger partial charge < -0.3 is 9.64 Å². The molecule has 0 saturated heterocycles. The van der Waals surface area contributed by atoms with Crippen molar-refractivity contribution in [2.45, 2.75) is 0 Å². The SMILES string of the molecule is COCCN(C)c1cc(F)cc([N+](=O)[O-])c1. The minimum atomic E-state index is -0.617. The molecule has 0 spiro atoms. The van der Waals surface area contributed by atoms with Crippen LogP contribution in [-0.4, -0.2) is 32.2 Å². The standard InChI is InChI=1S/C10H13FN2O3/c1-12(3-4-16-2)9-5-8(11)6-10(7-9)13(14)15/h5-7H,3-4H2,1-2H3. The lowest BCUT2D eigenvalue weighted by Crippen LogP contribution is -2.22. The number of non-ortho nitro benzene ring substituents is 1. The van der Waals surface area contributed by atoms with Crippen LogP contribution in [0.4, 0.5) is 15.8 Å². The fourth-order valence-corrected chi connectivity index (χ4v) is 1.24. The van der Waals surface area contributed by atoms with Crippen molar-refractivity contribution in [1.29, 1.82) is 0 Å². The second-order valence-corrected chi connectivity index (χ2v) is 3.34. The van der Waals surface area contributed by atoms with Crippen molar-refractivity contribution in [2.75, 3.05) is 32.2 Å². The zero-order chi connectivity index (χ0) is 12.1. The quantitative estimate of drug-likeness (QED) is 0.569. The second-order valence-electron chi connectivity index (χ2n) is 3.34. The summed E-state index contributed by atoms with van der Waals surface area (Å²) in [6, 6.07) is 3.48. The summed E-state index contributed by atoms with van der Waals surface area (Å²) >= 11 is 0. The Bertz CT molecular complexity index is 384. The number of nitrogens with zero attached hydrogens (tertiary/aromatic N) is 2. The molecule has 1 aromatic rings. The van der Waals surface area contributed by atoms with Crippen LogP contribution in [0.3, 0.4) is 0 Å². The van der Waals surface area contributed by atoms with Crippen molar-refractivity contribution >= 4 is 11.4 Å². The summed E-state index contributed by atoms with van der Waals surface area (Å²) in [5.74, 6) is -0.617. The van der Waals surface area contributed by atoms with E-state index in [4.69, 9.17) is 4.74 Å². The van der Waals surface area contributed by atoms with Crippen LogP contribution in [0.15, 0.2) is 18.2 Å². The number of anilines is 1. The van der Waals surface area contributed by atoms with Crippen LogP contribution in [0, 0.1) is 15.9 Å². The highest BCUT2D eigenvalue weighted by molar-refractivity contribution is 5.53. The maximum atomic E-state index is 13.1. The van der Waals surface area contributed by atoms with Crippen molar-refractivity contribution in [1.82, 2.24) is 0 Å². The van der Waals surface area contributed by atoms with E-state index in [1.54, 1.807) is 19.1 Å². The first-order valence-corrected chi connectivity index (χ1v) is 4.69. The topological polar surface area (TPSA) is 55.6 Å². The molecule has 0 aliphatic heterocycles. The highest BCUT2D eigenvalue weighted by Gasteiger charge is 2.11. The maximum Gasteiger partial charge on any atom is 0.274 e. The van der Waals surface area contributed by atoms with Crippen LogP contribution >= 0.6 is 0 Å². The minimum absolute atomic E-state index is 0.251. The average Bonchev–Trinajstić information content (AvgIpc) is 2.24. The number of benzene rings is 1. The van der Waals surface area contributed by atoms with Gasteiger partial charge >= 0.3 is 0 Å². The van der Waals surface area contributed by atoms with Crippen LogP contribution in [0.1, 0.15) is 0 Å². The molecular formula is C10H13FN2O3. The van der Waals surface area contributed by atoms with E-state index in [2.05, 4.69) is 0 Å². The van der Waals surface area contributed by atoms with Gasteiger partial charge in [-0.1, -0.05) is 0 Å². The molecular weight excluding hydrogens is 215 g/mol. The normalized spacial score (nSPS) is 10.2. The summed E-state index contributed by atoms with van der Waals surface area (Å²) in [5, 5.41) is 10.5. The third-order valence-corrected chi connectivity index (χ3v) is 2.15. The summed E-state index contributed by atoms with van der Waals surface area (Å²) in [7, 11) is 3.28. The van der Waals surface area contributed by atoms with Crippen molar-refractivity contribution < 1.29 is 14.1 Å². The number of hydrogen-bond acceptors (Lipinski definition) is 4. The lowest BCUT2D eigenvalue weighted by Gasteiger charge is -2.18. The molecule has 6 heteroatoms. The summed E-state index contributed by atoms with van der Waals surface area (Å²) < 4.78 is 18.0. The number of methoxy groups -OCH3 is 1. The largest absolute Gasteiger partial charge is 0.383 e. The molecule has 0 amide bonds. The lowest BCUT2D eigenvalue weighted by molar-refractivity contribution is -0.385. The first kappa shape index (κ1) is 12.4. The minimum Gasteiger partial charge on any atom is -0.383 e. The molecule has 16 heavy (non-hydrogen) atoms. The monoisotopic (exact) mass is 228 g/mol. The Morgan fingerprint density at radius 2 is 2.19 bits per heavy atom. The molecule has 0 aliphatic carbocycles. The summed E-state index contributed by atoms with van der Waals surface area (Å²) in [5.41, 5.74) is 0.211. The van der Waals surface area contributed by atoms with E-state index in [1.165, 1.54) is 12.1 Å². The molecule has 0 atom stereocenters. The predicted octanol–water partition coefficient (Wildman–Crippen LogP) is 1.82. The highest BCUT2D eigenvalue weighted by Crippen LogP contribution is 2.22. The third kappa shape index (κ3) is 3.16. The van der Waals surface area contributed by atoms with E-state index in [1.807, 2.05) is 0 Å². The molecule has 5 nitrogen and oxygen atoms in total. The number of nitro benzene ring substituents is 1. The molecule has 0 fully saturated rings. The van der Waals surface area contributed by atoms with Crippen LogP contribution in [-0.2, 0) is 4.74 Å². The van der Waals surface area contributed by atoms with E-state index in [-0.39, 0.29) is 5.69 Å². The molecule has 1 rings (SSSR count). The van der Waals surface area contributed by atoms with Gasteiger partial charge in [-0.15, -0.1) is 0 Å². The van der Waals surface area contributed by atoms with E-state index < -0.39 is 10.7 Å². The number of halogens is 1. The van der Waals surface area contributed by atoms with Crippen LogP contribution < -0.4 is 4.90 Å². The van der Waals surface area contributed by atoms with Crippen molar-refractivity contribution in [3.63, 3.8) is 0 Å². The Morgan fingerprint density at radius 3 is 2.75 bits per heavy atom. The Balaban J connectivity index is 2.91. The lowest BCUT2D eigenvalue weighted by atomic mass is 10.2. The van der Waals surface area contributed by atoms with E-state index >= 15 is 0 Å². The van der Waals surface area contributed by atoms with Crippen molar-refractivity contribution in [3.8, 4) is 0 Å². The number of ether oxygens (including phenoxy) is 1. The van der Waals surface area contributed by atoms with E-state index in [0.717, 1.165) is 6.07 Å². The van der Waals surface area contributed by atoms with Crippen LogP contribution in [0.2, 0.25) is 0 Å². The fourth-order valence-electron chi connectivity index (χ4n) is 1.24. The molecule has 0 saturated carbocycles. The van der Waals surface area contributed by atoms with Gasteiger partial charge in [0.1, 0.15) is 5.82 Å². The molecule has 88 valence electrons. The molecule has 0 radical (unpaired) electrons. The Labute approximate surface area is 92.6 Å². The number of hydrogen-bond donors (Lipinski definition) is 0. The number of nitro groups is 1. The first-order valence-electron chi connectivity index (χ1n) is 4.69. The van der Waals surface area contributed by atoms with Gasteiger partial charge in [0.05, 0.1) is 17.6 Å². The fraction of sp³-hybridized carbons (Fsp3) is 0.400. The number of likely N-dealkylation sites (N-methyl/N-ethyl adjacent to an activating group) is 1. The van der Waals surface area contributed by atoms with Crippen LogP contribution in [0.5, 0.6) is 0 Å². The molecule has 0 N–H and O–H groups in total. The third-order valence-electron chi connectivity index (χ3n) is 2.15. The molecule has 0 heterocycles. The first-order chi connectivity index (χ1) is 7.54. The molecule has 0 aliphatic rings. The van der Waals surface area contributed by atoms with E-state index in [9.17, 15) is 14.5 Å². The average molecular weight is 228 g/mol. The van der Waals surface area contributed by atoms with Gasteiger partial charge in [0.25, 0.3) is 5.69 Å². The number of rotatable bonds is 5. The second kappa shape index (κ2) is 5.41. The summed E-state index contributed by atoms with van der Waals surface area (Å²) in [4.78, 5) is 11.6. The zero-order valence-corrected chi connectivity index (χ0v) is 9.14. The Morgan fingerprint density at radius 1 is 1.50 bits per heavy atom. The Hall–Kier alpha value is -1.69. The summed E-state index contributed by atoms with van der Waals surface area (Å²) in [6.45, 7) is 1.01. The smallest absolute Gasteiger partial charge is 0.274 e. The summed E-state index contributed by atoms with van der Waals surface area (Å²) in [6.07, 6.45) is 0. The maximum absolute atomic E-state index is 13.1. The van der Waals surface area contributed by atoms with Gasteiger partial charge in [-0.2, -0.15) is 0 Å². The molecule has 0 unspecified atom stereocenters. The van der Waals surface area contributed by atoms with Crippen LogP contribution in [0.25, 0.3) is 0 Å². The van der Waals surface area contributed by atoms with Gasteiger partial charge in [-0.25, -0.2) is 4.39 Å². The van der Waals surface area contributed by atoms with Gasteiger partial charge in [0.2, 0.25) is 0 Å². The Kier molecular flexibility index (Phi) is 4.19. The highest BCUT2D eigenvalue weighted by atomic mass is 19.1. The predicted molar refractivity (Wildman–Crippen MR) is 58.2 cm³/mol.